The molecular weight excluding hydrogens is 123 g/mol. The van der Waals surface area contributed by atoms with Crippen LogP contribution in [0.25, 0.3) is 0 Å². The van der Waals surface area contributed by atoms with E-state index in [0.29, 0.717) is 0 Å². The van der Waals surface area contributed by atoms with Crippen molar-refractivity contribution in [1.29, 1.82) is 0 Å². The van der Waals surface area contributed by atoms with Crippen molar-refractivity contribution in [2.75, 3.05) is 6.61 Å². The topological polar surface area (TPSA) is 20.2 Å². The van der Waals surface area contributed by atoms with Gasteiger partial charge in [0, 0.05) is 29.6 Å². The monoisotopic (exact) mass is 137 g/mol. The van der Waals surface area contributed by atoms with Gasteiger partial charge in [0.05, 0.1) is 6.61 Å². The Hall–Kier alpha value is 0.700. The van der Waals surface area contributed by atoms with Gasteiger partial charge in [-0.15, -0.1) is 0 Å². The predicted molar refractivity (Wildman–Crippen MR) is 41.5 cm³/mol. The molecular formula is C7H14NaO. The Labute approximate surface area is 79.4 Å². The molecule has 0 aliphatic heterocycles. The van der Waals surface area contributed by atoms with Gasteiger partial charge in [-0.05, 0) is 6.42 Å². The van der Waals surface area contributed by atoms with Gasteiger partial charge < -0.3 is 5.11 Å². The SMILES string of the molecule is CCCCC=CCO.[Na]. The number of hydrogen-bond acceptors (Lipinski definition) is 1. The average molecular weight is 137 g/mol. The van der Waals surface area contributed by atoms with E-state index in [1.165, 1.54) is 12.8 Å². The summed E-state index contributed by atoms with van der Waals surface area (Å²) in [4.78, 5) is 0. The molecule has 0 amide bonds. The third-order valence-electron chi connectivity index (χ3n) is 0.996. The van der Waals surface area contributed by atoms with E-state index in [-0.39, 0.29) is 36.2 Å². The summed E-state index contributed by atoms with van der Waals surface area (Å²) in [7, 11) is 0. The Kier molecular flexibility index (Phi) is 15.8. The van der Waals surface area contributed by atoms with Crippen LogP contribution in [0.1, 0.15) is 26.2 Å². The fourth-order valence-electron chi connectivity index (χ4n) is 0.514. The number of aliphatic hydroxyl groups is 1. The molecule has 0 saturated carbocycles. The van der Waals surface area contributed by atoms with Crippen molar-refractivity contribution < 1.29 is 5.11 Å². The van der Waals surface area contributed by atoms with Crippen LogP contribution >= 0.6 is 0 Å². The van der Waals surface area contributed by atoms with Crippen molar-refractivity contribution in [1.82, 2.24) is 0 Å². The fourth-order valence-corrected chi connectivity index (χ4v) is 0.514. The largest absolute Gasteiger partial charge is 0.392 e. The molecule has 0 heterocycles. The zero-order valence-electron chi connectivity index (χ0n) is 6.43. The summed E-state index contributed by atoms with van der Waals surface area (Å²) in [6.07, 6.45) is 7.38. The minimum absolute atomic E-state index is 0. The maximum atomic E-state index is 8.28. The van der Waals surface area contributed by atoms with E-state index in [1.54, 1.807) is 6.08 Å². The van der Waals surface area contributed by atoms with E-state index in [1.807, 2.05) is 6.08 Å². The van der Waals surface area contributed by atoms with Gasteiger partial charge in [0.25, 0.3) is 0 Å². The van der Waals surface area contributed by atoms with Crippen molar-refractivity contribution in [3.8, 4) is 0 Å². The van der Waals surface area contributed by atoms with E-state index >= 15 is 0 Å². The Balaban J connectivity index is 0. The molecule has 0 rings (SSSR count). The molecule has 0 unspecified atom stereocenters. The molecule has 0 aromatic rings. The van der Waals surface area contributed by atoms with Crippen LogP contribution in [0.5, 0.6) is 0 Å². The molecule has 9 heavy (non-hydrogen) atoms. The summed E-state index contributed by atoms with van der Waals surface area (Å²) in [5.74, 6) is 0. The van der Waals surface area contributed by atoms with Gasteiger partial charge in [0.2, 0.25) is 0 Å². The first-order valence-electron chi connectivity index (χ1n) is 3.17. The van der Waals surface area contributed by atoms with E-state index < -0.39 is 0 Å². The molecule has 0 aromatic carbocycles. The molecule has 0 bridgehead atoms. The summed E-state index contributed by atoms with van der Waals surface area (Å²) in [5.41, 5.74) is 0. The van der Waals surface area contributed by atoms with E-state index in [9.17, 15) is 0 Å². The number of unbranched alkanes of at least 4 members (excludes halogenated alkanes) is 2. The van der Waals surface area contributed by atoms with Crippen LogP contribution in [0.3, 0.4) is 0 Å². The van der Waals surface area contributed by atoms with Crippen molar-refractivity contribution in [2.45, 2.75) is 26.2 Å². The van der Waals surface area contributed by atoms with Crippen molar-refractivity contribution >= 4 is 29.6 Å². The number of allylic oxidation sites excluding steroid dienone is 1. The Bertz CT molecular complexity index is 61.9. The van der Waals surface area contributed by atoms with Crippen LogP contribution in [-0.2, 0) is 0 Å². The van der Waals surface area contributed by atoms with Crippen molar-refractivity contribution in [3.05, 3.63) is 12.2 Å². The molecule has 0 aliphatic rings. The van der Waals surface area contributed by atoms with Gasteiger partial charge in [-0.3, -0.25) is 0 Å². The first-order valence-corrected chi connectivity index (χ1v) is 3.17. The average Bonchev–Trinajstić information content (AvgIpc) is 1.81. The summed E-state index contributed by atoms with van der Waals surface area (Å²) in [6, 6.07) is 0. The number of aliphatic hydroxyl groups excluding tert-OH is 1. The first-order chi connectivity index (χ1) is 3.91. The zero-order valence-corrected chi connectivity index (χ0v) is 8.43. The number of rotatable bonds is 4. The van der Waals surface area contributed by atoms with Gasteiger partial charge in [-0.25, -0.2) is 0 Å². The van der Waals surface area contributed by atoms with E-state index in [0.717, 1.165) is 6.42 Å². The standard InChI is InChI=1S/C7H14O.Na/c1-2-3-4-5-6-7-8;/h5-6,8H,2-4,7H2,1H3;. The molecule has 0 aliphatic carbocycles. The van der Waals surface area contributed by atoms with Gasteiger partial charge in [-0.1, -0.05) is 31.9 Å². The molecule has 0 saturated heterocycles. The number of hydrogen-bond donors (Lipinski definition) is 1. The third-order valence-corrected chi connectivity index (χ3v) is 0.996. The maximum absolute atomic E-state index is 8.28. The zero-order chi connectivity index (χ0) is 6.24. The molecule has 1 N–H and O–H groups in total. The van der Waals surface area contributed by atoms with Crippen LogP contribution in [0.2, 0.25) is 0 Å². The first kappa shape index (κ1) is 12.4. The Morgan fingerprint density at radius 2 is 2.00 bits per heavy atom. The molecule has 0 atom stereocenters. The van der Waals surface area contributed by atoms with E-state index in [2.05, 4.69) is 6.92 Å². The fraction of sp³-hybridized carbons (Fsp3) is 0.714. The molecule has 2 heteroatoms. The van der Waals surface area contributed by atoms with Gasteiger partial charge >= 0.3 is 0 Å². The second kappa shape index (κ2) is 11.5. The van der Waals surface area contributed by atoms with Crippen molar-refractivity contribution in [2.24, 2.45) is 0 Å². The minimum Gasteiger partial charge on any atom is -0.392 e. The molecule has 0 spiro atoms. The third kappa shape index (κ3) is 12.0. The Morgan fingerprint density at radius 3 is 2.44 bits per heavy atom. The van der Waals surface area contributed by atoms with Crippen LogP contribution < -0.4 is 0 Å². The van der Waals surface area contributed by atoms with Crippen LogP contribution in [0.15, 0.2) is 12.2 Å². The van der Waals surface area contributed by atoms with E-state index in [4.69, 9.17) is 5.11 Å². The quantitative estimate of drug-likeness (QED) is 0.352. The molecule has 0 aromatic heterocycles. The summed E-state index contributed by atoms with van der Waals surface area (Å²) in [5, 5.41) is 8.28. The predicted octanol–water partition coefficient (Wildman–Crippen LogP) is 1.34. The summed E-state index contributed by atoms with van der Waals surface area (Å²) >= 11 is 0. The molecule has 0 fully saturated rings. The molecule has 1 radical (unpaired) electrons. The van der Waals surface area contributed by atoms with Crippen LogP contribution in [0.4, 0.5) is 0 Å². The van der Waals surface area contributed by atoms with Crippen LogP contribution in [0, 0.1) is 0 Å². The maximum Gasteiger partial charge on any atom is 0.0612 e. The van der Waals surface area contributed by atoms with Gasteiger partial charge in [-0.2, -0.15) is 0 Å². The summed E-state index contributed by atoms with van der Waals surface area (Å²) < 4.78 is 0. The second-order valence-electron chi connectivity index (χ2n) is 1.80. The molecule has 1 nitrogen and oxygen atoms in total. The van der Waals surface area contributed by atoms with Crippen LogP contribution in [-0.4, -0.2) is 41.3 Å². The summed E-state index contributed by atoms with van der Waals surface area (Å²) in [6.45, 7) is 2.34. The normalized spacial score (nSPS) is 9.56. The van der Waals surface area contributed by atoms with Crippen molar-refractivity contribution in [3.63, 3.8) is 0 Å². The smallest absolute Gasteiger partial charge is 0.0612 e. The van der Waals surface area contributed by atoms with Gasteiger partial charge in [0.15, 0.2) is 0 Å². The second-order valence-corrected chi connectivity index (χ2v) is 1.80. The Morgan fingerprint density at radius 1 is 1.33 bits per heavy atom. The van der Waals surface area contributed by atoms with Gasteiger partial charge in [0.1, 0.15) is 0 Å². The molecule has 49 valence electrons. The minimum atomic E-state index is 0.